The molecule has 1 aliphatic rings. The highest BCUT2D eigenvalue weighted by atomic mass is 19.1. The van der Waals surface area contributed by atoms with E-state index in [-0.39, 0.29) is 17.8 Å². The van der Waals surface area contributed by atoms with E-state index in [1.54, 1.807) is 6.92 Å². The maximum absolute atomic E-state index is 13.1. The highest BCUT2D eigenvalue weighted by molar-refractivity contribution is 5.28. The van der Waals surface area contributed by atoms with Crippen LogP contribution in [0.25, 0.3) is 0 Å². The Labute approximate surface area is 89.9 Å². The summed E-state index contributed by atoms with van der Waals surface area (Å²) in [6.45, 7) is 1.77. The molecule has 2 heteroatoms. The Balaban J connectivity index is 2.24. The van der Waals surface area contributed by atoms with Crippen LogP contribution < -0.4 is 0 Å². The molecule has 1 aromatic carbocycles. The lowest BCUT2D eigenvalue weighted by Gasteiger charge is -2.28. The fraction of sp³-hybridized carbons (Fsp3) is 0.538. The van der Waals surface area contributed by atoms with Crippen molar-refractivity contribution in [2.24, 2.45) is 0 Å². The van der Waals surface area contributed by atoms with Crippen molar-refractivity contribution in [3.63, 3.8) is 0 Å². The van der Waals surface area contributed by atoms with Crippen LogP contribution in [0.1, 0.15) is 42.7 Å². The molecule has 0 unspecified atom stereocenters. The van der Waals surface area contributed by atoms with Crippen LogP contribution in [0.3, 0.4) is 0 Å². The largest absolute Gasteiger partial charge is 0.392 e. The number of halogens is 1. The molecule has 0 heterocycles. The van der Waals surface area contributed by atoms with E-state index in [4.69, 9.17) is 0 Å². The second-order valence-electron chi connectivity index (χ2n) is 4.47. The molecule has 0 aliphatic heterocycles. The summed E-state index contributed by atoms with van der Waals surface area (Å²) in [5.74, 6) is 0.0436. The van der Waals surface area contributed by atoms with Crippen molar-refractivity contribution in [1.82, 2.24) is 0 Å². The molecule has 0 radical (unpaired) electrons. The molecule has 0 spiro atoms. The first-order valence-electron chi connectivity index (χ1n) is 5.62. The summed E-state index contributed by atoms with van der Waals surface area (Å²) in [6.07, 6.45) is 3.92. The van der Waals surface area contributed by atoms with E-state index in [2.05, 4.69) is 0 Å². The van der Waals surface area contributed by atoms with Crippen LogP contribution in [-0.2, 0) is 0 Å². The highest BCUT2D eigenvalue weighted by Gasteiger charge is 2.24. The highest BCUT2D eigenvalue weighted by Crippen LogP contribution is 2.33. The standard InChI is InChI=1S/C13H17FO/c1-9-8-10(6-7-12(9)14)11-4-2-3-5-13(11)15/h6-8,11,13,15H,2-5H2,1H3/t11-,13+/m0/s1. The van der Waals surface area contributed by atoms with Crippen LogP contribution in [0.5, 0.6) is 0 Å². The molecule has 1 saturated carbocycles. The van der Waals surface area contributed by atoms with Gasteiger partial charge in [0.05, 0.1) is 6.10 Å². The zero-order valence-corrected chi connectivity index (χ0v) is 9.04. The zero-order chi connectivity index (χ0) is 10.8. The molecule has 0 aromatic heterocycles. The molecule has 1 aliphatic carbocycles. The Bertz CT molecular complexity index is 348. The van der Waals surface area contributed by atoms with E-state index >= 15 is 0 Å². The minimum atomic E-state index is -0.247. The van der Waals surface area contributed by atoms with Crippen molar-refractivity contribution in [3.8, 4) is 0 Å². The summed E-state index contributed by atoms with van der Waals surface area (Å²) in [7, 11) is 0. The van der Waals surface area contributed by atoms with Crippen LogP contribution in [0.15, 0.2) is 18.2 Å². The number of hydrogen-bond acceptors (Lipinski definition) is 1. The third kappa shape index (κ3) is 2.20. The molecule has 1 aromatic rings. The normalized spacial score (nSPS) is 26.6. The summed E-state index contributed by atoms with van der Waals surface area (Å²) in [5.41, 5.74) is 1.76. The van der Waals surface area contributed by atoms with Crippen molar-refractivity contribution >= 4 is 0 Å². The number of aryl methyl sites for hydroxylation is 1. The predicted octanol–water partition coefficient (Wildman–Crippen LogP) is 3.15. The van der Waals surface area contributed by atoms with Gasteiger partial charge in [-0.1, -0.05) is 25.0 Å². The van der Waals surface area contributed by atoms with Gasteiger partial charge in [-0.25, -0.2) is 4.39 Å². The molecular weight excluding hydrogens is 191 g/mol. The zero-order valence-electron chi connectivity index (χ0n) is 9.04. The number of rotatable bonds is 1. The van der Waals surface area contributed by atoms with Gasteiger partial charge in [0.25, 0.3) is 0 Å². The Morgan fingerprint density at radius 2 is 2.00 bits per heavy atom. The first-order chi connectivity index (χ1) is 7.18. The van der Waals surface area contributed by atoms with Crippen LogP contribution in [-0.4, -0.2) is 11.2 Å². The first-order valence-corrected chi connectivity index (χ1v) is 5.62. The van der Waals surface area contributed by atoms with E-state index in [1.807, 2.05) is 12.1 Å². The number of benzene rings is 1. The lowest BCUT2D eigenvalue weighted by molar-refractivity contribution is 0.106. The fourth-order valence-electron chi connectivity index (χ4n) is 2.40. The van der Waals surface area contributed by atoms with E-state index in [9.17, 15) is 9.50 Å². The summed E-state index contributed by atoms with van der Waals surface area (Å²) >= 11 is 0. The van der Waals surface area contributed by atoms with Crippen LogP contribution in [0, 0.1) is 12.7 Å². The SMILES string of the molecule is Cc1cc([C@@H]2CCCC[C@H]2O)ccc1F. The lowest BCUT2D eigenvalue weighted by Crippen LogP contribution is -2.22. The lowest BCUT2D eigenvalue weighted by atomic mass is 9.81. The van der Waals surface area contributed by atoms with Gasteiger partial charge in [-0.2, -0.15) is 0 Å². The van der Waals surface area contributed by atoms with Crippen LogP contribution in [0.4, 0.5) is 4.39 Å². The molecule has 0 saturated heterocycles. The average Bonchev–Trinajstić information content (AvgIpc) is 2.23. The minimum Gasteiger partial charge on any atom is -0.392 e. The summed E-state index contributed by atoms with van der Waals surface area (Å²) in [6, 6.07) is 5.18. The van der Waals surface area contributed by atoms with Crippen molar-refractivity contribution < 1.29 is 9.50 Å². The van der Waals surface area contributed by atoms with Gasteiger partial charge >= 0.3 is 0 Å². The molecule has 2 atom stereocenters. The van der Waals surface area contributed by atoms with Crippen molar-refractivity contribution in [1.29, 1.82) is 0 Å². The molecule has 1 fully saturated rings. The molecule has 15 heavy (non-hydrogen) atoms. The molecule has 0 amide bonds. The number of aliphatic hydroxyl groups excluding tert-OH is 1. The monoisotopic (exact) mass is 208 g/mol. The van der Waals surface area contributed by atoms with Gasteiger partial charge in [-0.3, -0.25) is 0 Å². The van der Waals surface area contributed by atoms with Gasteiger partial charge in [0, 0.05) is 5.92 Å². The average molecular weight is 208 g/mol. The molecular formula is C13H17FO. The maximum atomic E-state index is 13.1. The summed E-state index contributed by atoms with van der Waals surface area (Å²) in [4.78, 5) is 0. The van der Waals surface area contributed by atoms with Crippen LogP contribution >= 0.6 is 0 Å². The third-order valence-corrected chi connectivity index (χ3v) is 3.34. The van der Waals surface area contributed by atoms with Gasteiger partial charge in [-0.05, 0) is 37.0 Å². The van der Waals surface area contributed by atoms with Gasteiger partial charge in [-0.15, -0.1) is 0 Å². The number of aliphatic hydroxyl groups is 1. The fourth-order valence-corrected chi connectivity index (χ4v) is 2.40. The third-order valence-electron chi connectivity index (χ3n) is 3.34. The molecule has 0 bridgehead atoms. The summed E-state index contributed by atoms with van der Waals surface area (Å²) in [5, 5.41) is 9.89. The van der Waals surface area contributed by atoms with Gasteiger partial charge in [0.2, 0.25) is 0 Å². The van der Waals surface area contributed by atoms with Gasteiger partial charge < -0.3 is 5.11 Å². The second kappa shape index (κ2) is 4.31. The quantitative estimate of drug-likeness (QED) is 0.751. The first kappa shape index (κ1) is 10.6. The Hall–Kier alpha value is -0.890. The maximum Gasteiger partial charge on any atom is 0.126 e. The Morgan fingerprint density at radius 1 is 1.27 bits per heavy atom. The summed E-state index contributed by atoms with van der Waals surface area (Å²) < 4.78 is 13.1. The van der Waals surface area contributed by atoms with E-state index in [1.165, 1.54) is 6.07 Å². The van der Waals surface area contributed by atoms with E-state index < -0.39 is 0 Å². The Kier molecular flexibility index (Phi) is 3.06. The second-order valence-corrected chi connectivity index (χ2v) is 4.47. The van der Waals surface area contributed by atoms with E-state index in [0.717, 1.165) is 31.2 Å². The van der Waals surface area contributed by atoms with Crippen molar-refractivity contribution in [2.75, 3.05) is 0 Å². The predicted molar refractivity (Wildman–Crippen MR) is 58.4 cm³/mol. The molecule has 1 N–H and O–H groups in total. The van der Waals surface area contributed by atoms with Crippen molar-refractivity contribution in [3.05, 3.63) is 35.1 Å². The van der Waals surface area contributed by atoms with Crippen LogP contribution in [0.2, 0.25) is 0 Å². The number of hydrogen-bond donors (Lipinski definition) is 1. The van der Waals surface area contributed by atoms with Gasteiger partial charge in [0.15, 0.2) is 0 Å². The molecule has 82 valence electrons. The van der Waals surface area contributed by atoms with Gasteiger partial charge in [0.1, 0.15) is 5.82 Å². The van der Waals surface area contributed by atoms with Crippen molar-refractivity contribution in [2.45, 2.75) is 44.6 Å². The van der Waals surface area contributed by atoms with E-state index in [0.29, 0.717) is 5.56 Å². The molecule has 1 nitrogen and oxygen atoms in total. The molecule has 2 rings (SSSR count). The Morgan fingerprint density at radius 3 is 2.67 bits per heavy atom. The minimum absolute atomic E-state index is 0.163. The smallest absolute Gasteiger partial charge is 0.126 e. The topological polar surface area (TPSA) is 20.2 Å².